The summed E-state index contributed by atoms with van der Waals surface area (Å²) >= 11 is 0. The van der Waals surface area contributed by atoms with E-state index in [2.05, 4.69) is 15.6 Å². The molecule has 6 nitrogen and oxygen atoms in total. The van der Waals surface area contributed by atoms with Gasteiger partial charge < -0.3 is 20.1 Å². The van der Waals surface area contributed by atoms with Crippen molar-refractivity contribution in [1.82, 2.24) is 15.6 Å². The highest BCUT2D eigenvalue weighted by Gasteiger charge is 2.06. The van der Waals surface area contributed by atoms with E-state index < -0.39 is 0 Å². The van der Waals surface area contributed by atoms with Crippen LogP contribution in [0.3, 0.4) is 0 Å². The third-order valence-corrected chi connectivity index (χ3v) is 2.45. The van der Waals surface area contributed by atoms with Crippen LogP contribution in [-0.2, 0) is 16.1 Å². The van der Waals surface area contributed by atoms with Crippen molar-refractivity contribution in [2.45, 2.75) is 19.5 Å². The summed E-state index contributed by atoms with van der Waals surface area (Å²) in [7, 11) is 3.18. The van der Waals surface area contributed by atoms with Gasteiger partial charge in [0, 0.05) is 32.0 Å². The number of amides is 1. The summed E-state index contributed by atoms with van der Waals surface area (Å²) in [5.41, 5.74) is 0.999. The number of hydrogen-bond acceptors (Lipinski definition) is 5. The van der Waals surface area contributed by atoms with Crippen molar-refractivity contribution in [2.75, 3.05) is 27.4 Å². The van der Waals surface area contributed by atoms with E-state index in [1.165, 1.54) is 0 Å². The highest BCUT2D eigenvalue weighted by molar-refractivity contribution is 5.78. The quantitative estimate of drug-likeness (QED) is 0.710. The summed E-state index contributed by atoms with van der Waals surface area (Å²) in [5.74, 6) is 0.529. The largest absolute Gasteiger partial charge is 0.481 e. The number of aromatic nitrogens is 1. The molecule has 0 aliphatic carbocycles. The summed E-state index contributed by atoms with van der Waals surface area (Å²) < 4.78 is 9.92. The van der Waals surface area contributed by atoms with E-state index in [0.29, 0.717) is 19.0 Å². The van der Waals surface area contributed by atoms with Crippen molar-refractivity contribution < 1.29 is 14.3 Å². The van der Waals surface area contributed by atoms with Gasteiger partial charge in [-0.1, -0.05) is 6.07 Å². The van der Waals surface area contributed by atoms with Crippen LogP contribution in [0, 0.1) is 0 Å². The summed E-state index contributed by atoms with van der Waals surface area (Å²) in [6.45, 7) is 3.26. The number of methoxy groups -OCH3 is 2. The predicted molar refractivity (Wildman–Crippen MR) is 72.0 cm³/mol. The predicted octanol–water partition coefficient (Wildman–Crippen LogP) is 0.331. The van der Waals surface area contributed by atoms with Gasteiger partial charge in [0.05, 0.1) is 20.3 Å². The molecule has 0 saturated heterocycles. The summed E-state index contributed by atoms with van der Waals surface area (Å²) in [4.78, 5) is 15.6. The molecule has 0 fully saturated rings. The highest BCUT2D eigenvalue weighted by atomic mass is 16.5. The van der Waals surface area contributed by atoms with Crippen LogP contribution in [0.4, 0.5) is 0 Å². The van der Waals surface area contributed by atoms with E-state index >= 15 is 0 Å². The van der Waals surface area contributed by atoms with Crippen LogP contribution < -0.4 is 15.4 Å². The molecule has 0 bridgehead atoms. The molecule has 0 aliphatic heterocycles. The third-order valence-electron chi connectivity index (χ3n) is 2.45. The molecule has 0 aliphatic rings. The Bertz CT molecular complexity index is 381. The number of carbonyl (C=O) groups excluding carboxylic acids is 1. The number of ether oxygens (including phenoxy) is 2. The number of carbonyl (C=O) groups is 1. The molecular weight excluding hydrogens is 246 g/mol. The maximum absolute atomic E-state index is 11.6. The lowest BCUT2D eigenvalue weighted by atomic mass is 10.3. The van der Waals surface area contributed by atoms with Crippen LogP contribution in [0.15, 0.2) is 18.3 Å². The Morgan fingerprint density at radius 3 is 2.79 bits per heavy atom. The number of hydrogen-bond donors (Lipinski definition) is 2. The highest BCUT2D eigenvalue weighted by Crippen LogP contribution is 2.05. The molecule has 0 saturated carbocycles. The average Bonchev–Trinajstić information content (AvgIpc) is 2.39. The first-order valence-corrected chi connectivity index (χ1v) is 6.13. The maximum Gasteiger partial charge on any atom is 0.234 e. The van der Waals surface area contributed by atoms with Gasteiger partial charge in [0.2, 0.25) is 11.8 Å². The van der Waals surface area contributed by atoms with Crippen LogP contribution in [0.2, 0.25) is 0 Å². The Labute approximate surface area is 113 Å². The number of pyridine rings is 1. The van der Waals surface area contributed by atoms with E-state index in [0.717, 1.165) is 5.56 Å². The second-order valence-electron chi connectivity index (χ2n) is 4.24. The first-order chi connectivity index (χ1) is 9.15. The summed E-state index contributed by atoms with van der Waals surface area (Å²) in [5, 5.41) is 5.88. The molecule has 1 heterocycles. The molecule has 106 valence electrons. The first-order valence-electron chi connectivity index (χ1n) is 6.13. The molecule has 2 N–H and O–H groups in total. The first kappa shape index (κ1) is 15.4. The van der Waals surface area contributed by atoms with Crippen LogP contribution in [0.1, 0.15) is 12.5 Å². The van der Waals surface area contributed by atoms with Crippen LogP contribution >= 0.6 is 0 Å². The zero-order chi connectivity index (χ0) is 14.1. The van der Waals surface area contributed by atoms with E-state index in [9.17, 15) is 4.79 Å². The fourth-order valence-corrected chi connectivity index (χ4v) is 1.57. The lowest BCUT2D eigenvalue weighted by molar-refractivity contribution is -0.121. The topological polar surface area (TPSA) is 72.5 Å². The number of rotatable bonds is 8. The molecular formula is C13H21N3O3. The van der Waals surface area contributed by atoms with Crippen molar-refractivity contribution in [3.8, 4) is 5.88 Å². The summed E-state index contributed by atoms with van der Waals surface area (Å²) in [6.07, 6.45) is 1.72. The molecule has 1 rings (SSSR count). The Hall–Kier alpha value is -1.66. The molecule has 1 aromatic rings. The van der Waals surface area contributed by atoms with Gasteiger partial charge in [-0.25, -0.2) is 4.98 Å². The van der Waals surface area contributed by atoms with Gasteiger partial charge in [0.1, 0.15) is 0 Å². The van der Waals surface area contributed by atoms with Crippen molar-refractivity contribution >= 4 is 5.91 Å². The monoisotopic (exact) mass is 267 g/mol. The Morgan fingerprint density at radius 2 is 2.21 bits per heavy atom. The zero-order valence-electron chi connectivity index (χ0n) is 11.6. The lowest BCUT2D eigenvalue weighted by Crippen LogP contribution is -2.40. The lowest BCUT2D eigenvalue weighted by Gasteiger charge is -2.13. The van der Waals surface area contributed by atoms with Gasteiger partial charge in [-0.3, -0.25) is 4.79 Å². The SMILES string of the molecule is COCC(C)NC(=O)CNCc1ccc(OC)nc1. The second-order valence-corrected chi connectivity index (χ2v) is 4.24. The van der Waals surface area contributed by atoms with Gasteiger partial charge in [-0.2, -0.15) is 0 Å². The molecule has 0 radical (unpaired) electrons. The maximum atomic E-state index is 11.6. The van der Waals surface area contributed by atoms with Crippen molar-refractivity contribution in [3.63, 3.8) is 0 Å². The molecule has 1 amide bonds. The molecule has 1 atom stereocenters. The fraction of sp³-hybridized carbons (Fsp3) is 0.538. The molecule has 1 aromatic heterocycles. The van der Waals surface area contributed by atoms with Gasteiger partial charge in [0.15, 0.2) is 0 Å². The van der Waals surface area contributed by atoms with E-state index in [-0.39, 0.29) is 18.5 Å². The van der Waals surface area contributed by atoms with Crippen LogP contribution in [-0.4, -0.2) is 44.3 Å². The summed E-state index contributed by atoms with van der Waals surface area (Å²) in [6, 6.07) is 3.71. The van der Waals surface area contributed by atoms with Crippen molar-refractivity contribution in [2.24, 2.45) is 0 Å². The van der Waals surface area contributed by atoms with Crippen molar-refractivity contribution in [3.05, 3.63) is 23.9 Å². The van der Waals surface area contributed by atoms with E-state index in [1.54, 1.807) is 26.5 Å². The Morgan fingerprint density at radius 1 is 1.42 bits per heavy atom. The molecule has 0 spiro atoms. The van der Waals surface area contributed by atoms with Crippen molar-refractivity contribution in [1.29, 1.82) is 0 Å². The minimum absolute atomic E-state index is 0.0157. The zero-order valence-corrected chi connectivity index (χ0v) is 11.6. The second kappa shape index (κ2) is 8.44. The number of nitrogens with zero attached hydrogens (tertiary/aromatic N) is 1. The van der Waals surface area contributed by atoms with Crippen LogP contribution in [0.25, 0.3) is 0 Å². The van der Waals surface area contributed by atoms with E-state index in [1.807, 2.05) is 13.0 Å². The fourth-order valence-electron chi connectivity index (χ4n) is 1.57. The smallest absolute Gasteiger partial charge is 0.234 e. The Balaban J connectivity index is 2.23. The normalized spacial score (nSPS) is 11.9. The van der Waals surface area contributed by atoms with Gasteiger partial charge >= 0.3 is 0 Å². The van der Waals surface area contributed by atoms with Gasteiger partial charge in [-0.15, -0.1) is 0 Å². The molecule has 0 aromatic carbocycles. The standard InChI is InChI=1S/C13H21N3O3/c1-10(9-18-2)16-12(17)8-14-6-11-4-5-13(19-3)15-7-11/h4-5,7,10,14H,6,8-9H2,1-3H3,(H,16,17). The average molecular weight is 267 g/mol. The minimum atomic E-state index is -0.0500. The third kappa shape index (κ3) is 6.17. The molecule has 6 heteroatoms. The molecule has 19 heavy (non-hydrogen) atoms. The van der Waals surface area contributed by atoms with Gasteiger partial charge in [-0.05, 0) is 12.5 Å². The van der Waals surface area contributed by atoms with Crippen LogP contribution in [0.5, 0.6) is 5.88 Å². The Kier molecular flexibility index (Phi) is 6.84. The number of nitrogens with one attached hydrogen (secondary N) is 2. The minimum Gasteiger partial charge on any atom is -0.481 e. The van der Waals surface area contributed by atoms with Gasteiger partial charge in [0.25, 0.3) is 0 Å². The van der Waals surface area contributed by atoms with E-state index in [4.69, 9.17) is 9.47 Å². The molecule has 1 unspecified atom stereocenters.